The lowest BCUT2D eigenvalue weighted by Gasteiger charge is -2.25. The smallest absolute Gasteiger partial charge is 0.264 e. The summed E-state index contributed by atoms with van der Waals surface area (Å²) in [5.74, 6) is 0.888. The summed E-state index contributed by atoms with van der Waals surface area (Å²) in [6, 6.07) is 16.1. The molecule has 0 radical (unpaired) electrons. The van der Waals surface area contributed by atoms with Crippen molar-refractivity contribution in [3.63, 3.8) is 0 Å². The minimum Gasteiger partial charge on any atom is -0.493 e. The van der Waals surface area contributed by atoms with Crippen molar-refractivity contribution in [2.75, 3.05) is 25.6 Å². The number of carbonyl (C=O) groups excluding carboxylic acids is 1. The molecule has 0 saturated heterocycles. The first-order valence-corrected chi connectivity index (χ1v) is 11.4. The normalized spacial score (nSPS) is 13.7. The molecule has 2 heterocycles. The third kappa shape index (κ3) is 5.55. The summed E-state index contributed by atoms with van der Waals surface area (Å²) >= 11 is 1.54. The van der Waals surface area contributed by atoms with Crippen molar-refractivity contribution in [1.29, 1.82) is 0 Å². The third-order valence-corrected chi connectivity index (χ3v) is 6.21. The monoisotopic (exact) mass is 449 g/mol. The molecular weight excluding hydrogens is 422 g/mol. The Labute approximate surface area is 192 Å². The molecule has 166 valence electrons. The van der Waals surface area contributed by atoms with Gasteiger partial charge in [-0.1, -0.05) is 48.6 Å². The van der Waals surface area contributed by atoms with Crippen LogP contribution in [0.25, 0.3) is 6.08 Å². The lowest BCUT2D eigenvalue weighted by Crippen LogP contribution is -2.29. The highest BCUT2D eigenvalue weighted by atomic mass is 32.1. The van der Waals surface area contributed by atoms with Gasteiger partial charge in [0.05, 0.1) is 12.8 Å². The lowest BCUT2D eigenvalue weighted by atomic mass is 10.1. The highest BCUT2D eigenvalue weighted by Gasteiger charge is 2.21. The number of hydrogen-bond acceptors (Lipinski definition) is 6. The largest absolute Gasteiger partial charge is 0.493 e. The van der Waals surface area contributed by atoms with Crippen LogP contribution in [0.3, 0.4) is 0 Å². The van der Waals surface area contributed by atoms with Crippen LogP contribution in [-0.2, 0) is 24.3 Å². The molecule has 1 N–H and O–H groups in total. The van der Waals surface area contributed by atoms with Crippen LogP contribution in [0, 0.1) is 0 Å². The standard InChI is InChI=1S/C25H27N3O3S/c1-3-7-18-10-11-21(22(14-18)30-2)31-17-24(29)27-25-26-20-12-13-28(16-23(20)32-25)15-19-8-5-4-6-9-19/h3-11,14H,12-13,15-17H2,1-2H3,(H,26,27,29)/b7-3+. The van der Waals surface area contributed by atoms with Gasteiger partial charge in [-0.15, -0.1) is 11.3 Å². The van der Waals surface area contributed by atoms with Crippen LogP contribution < -0.4 is 14.8 Å². The summed E-state index contributed by atoms with van der Waals surface area (Å²) in [5, 5.41) is 3.50. The number of aromatic nitrogens is 1. The van der Waals surface area contributed by atoms with Crippen LogP contribution in [0.15, 0.2) is 54.6 Å². The van der Waals surface area contributed by atoms with E-state index in [1.807, 2.05) is 43.3 Å². The molecule has 0 saturated carbocycles. The Morgan fingerprint density at radius 1 is 1.22 bits per heavy atom. The van der Waals surface area contributed by atoms with Crippen molar-refractivity contribution < 1.29 is 14.3 Å². The Morgan fingerprint density at radius 2 is 2.06 bits per heavy atom. The van der Waals surface area contributed by atoms with E-state index in [-0.39, 0.29) is 12.5 Å². The van der Waals surface area contributed by atoms with Crippen molar-refractivity contribution >= 4 is 28.5 Å². The molecule has 6 nitrogen and oxygen atoms in total. The van der Waals surface area contributed by atoms with E-state index < -0.39 is 0 Å². The Balaban J connectivity index is 1.32. The maximum absolute atomic E-state index is 12.4. The number of nitrogens with one attached hydrogen (secondary N) is 1. The van der Waals surface area contributed by atoms with Crippen LogP contribution >= 0.6 is 11.3 Å². The van der Waals surface area contributed by atoms with Gasteiger partial charge < -0.3 is 9.47 Å². The molecule has 1 aliphatic rings. The van der Waals surface area contributed by atoms with Gasteiger partial charge in [0.2, 0.25) is 0 Å². The number of amides is 1. The molecular formula is C25H27N3O3S. The number of carbonyl (C=O) groups is 1. The van der Waals surface area contributed by atoms with Crippen LogP contribution in [0.5, 0.6) is 11.5 Å². The van der Waals surface area contributed by atoms with E-state index in [2.05, 4.69) is 39.5 Å². The second-order valence-electron chi connectivity index (χ2n) is 7.58. The van der Waals surface area contributed by atoms with Crippen molar-refractivity contribution in [1.82, 2.24) is 9.88 Å². The lowest BCUT2D eigenvalue weighted by molar-refractivity contribution is -0.118. The average Bonchev–Trinajstić information content (AvgIpc) is 3.20. The van der Waals surface area contributed by atoms with Crippen LogP contribution in [0.1, 0.15) is 28.6 Å². The summed E-state index contributed by atoms with van der Waals surface area (Å²) in [7, 11) is 1.59. The van der Waals surface area contributed by atoms with Gasteiger partial charge in [0.1, 0.15) is 0 Å². The summed E-state index contributed by atoms with van der Waals surface area (Å²) in [6.45, 7) is 4.58. The SMILES string of the molecule is C/C=C/c1ccc(OCC(=O)Nc2nc3c(s2)CN(Cc2ccccc2)CC3)c(OC)c1. The van der Waals surface area contributed by atoms with E-state index in [4.69, 9.17) is 9.47 Å². The first-order valence-electron chi connectivity index (χ1n) is 10.6. The number of anilines is 1. The van der Waals surface area contributed by atoms with Crippen LogP contribution in [-0.4, -0.2) is 36.1 Å². The quantitative estimate of drug-likeness (QED) is 0.537. The fourth-order valence-corrected chi connectivity index (χ4v) is 4.74. The van der Waals surface area contributed by atoms with Gasteiger partial charge in [-0.25, -0.2) is 4.98 Å². The maximum Gasteiger partial charge on any atom is 0.264 e. The van der Waals surface area contributed by atoms with Gasteiger partial charge in [-0.3, -0.25) is 15.0 Å². The van der Waals surface area contributed by atoms with Crippen LogP contribution in [0.4, 0.5) is 5.13 Å². The highest BCUT2D eigenvalue weighted by molar-refractivity contribution is 7.15. The Hall–Kier alpha value is -3.16. The van der Waals surface area contributed by atoms with Crippen molar-refractivity contribution in [2.45, 2.75) is 26.4 Å². The second kappa shape index (κ2) is 10.4. The number of thiazole rings is 1. The molecule has 4 rings (SSSR count). The van der Waals surface area contributed by atoms with Gasteiger partial charge in [0.25, 0.3) is 5.91 Å². The molecule has 0 bridgehead atoms. The van der Waals surface area contributed by atoms with E-state index >= 15 is 0 Å². The summed E-state index contributed by atoms with van der Waals surface area (Å²) in [4.78, 5) is 20.7. The van der Waals surface area contributed by atoms with E-state index in [1.54, 1.807) is 18.4 Å². The maximum atomic E-state index is 12.4. The molecule has 2 aromatic carbocycles. The van der Waals surface area contributed by atoms with Gasteiger partial charge in [0, 0.05) is 30.9 Å². The molecule has 0 fully saturated rings. The molecule has 0 spiro atoms. The zero-order valence-electron chi connectivity index (χ0n) is 18.3. The zero-order valence-corrected chi connectivity index (χ0v) is 19.2. The first kappa shape index (κ1) is 22.0. The number of ether oxygens (including phenoxy) is 2. The molecule has 1 amide bonds. The van der Waals surface area contributed by atoms with Crippen molar-refractivity contribution in [3.05, 3.63) is 76.3 Å². The van der Waals surface area contributed by atoms with E-state index in [0.29, 0.717) is 16.6 Å². The molecule has 0 atom stereocenters. The fraction of sp³-hybridized carbons (Fsp3) is 0.280. The molecule has 1 aromatic heterocycles. The third-order valence-electron chi connectivity index (χ3n) is 5.21. The first-order chi connectivity index (χ1) is 15.6. The number of rotatable bonds is 8. The number of hydrogen-bond donors (Lipinski definition) is 1. The predicted octanol–water partition coefficient (Wildman–Crippen LogP) is 4.76. The second-order valence-corrected chi connectivity index (χ2v) is 8.67. The van der Waals surface area contributed by atoms with Crippen molar-refractivity contribution in [3.8, 4) is 11.5 Å². The zero-order chi connectivity index (χ0) is 22.3. The molecule has 7 heteroatoms. The number of benzene rings is 2. The summed E-state index contributed by atoms with van der Waals surface area (Å²) in [6.07, 6.45) is 4.82. The molecule has 0 aliphatic carbocycles. The number of methoxy groups -OCH3 is 1. The minimum atomic E-state index is -0.239. The van der Waals surface area contributed by atoms with Crippen molar-refractivity contribution in [2.24, 2.45) is 0 Å². The van der Waals surface area contributed by atoms with E-state index in [9.17, 15) is 4.79 Å². The number of fused-ring (bicyclic) bond motifs is 1. The van der Waals surface area contributed by atoms with E-state index in [0.717, 1.165) is 37.3 Å². The molecule has 0 unspecified atom stereocenters. The topological polar surface area (TPSA) is 63.7 Å². The highest BCUT2D eigenvalue weighted by Crippen LogP contribution is 2.30. The number of nitrogens with zero attached hydrogens (tertiary/aromatic N) is 2. The Kier molecular flexibility index (Phi) is 7.19. The van der Waals surface area contributed by atoms with Crippen LogP contribution in [0.2, 0.25) is 0 Å². The molecule has 3 aromatic rings. The fourth-order valence-electron chi connectivity index (χ4n) is 3.68. The Bertz CT molecular complexity index is 1100. The Morgan fingerprint density at radius 3 is 2.84 bits per heavy atom. The average molecular weight is 450 g/mol. The minimum absolute atomic E-state index is 0.107. The molecule has 32 heavy (non-hydrogen) atoms. The molecule has 1 aliphatic heterocycles. The van der Waals surface area contributed by atoms with E-state index in [1.165, 1.54) is 10.4 Å². The van der Waals surface area contributed by atoms with Gasteiger partial charge in [-0.05, 0) is 30.2 Å². The van der Waals surface area contributed by atoms with Gasteiger partial charge in [-0.2, -0.15) is 0 Å². The predicted molar refractivity (Wildman–Crippen MR) is 128 cm³/mol. The number of allylic oxidation sites excluding steroid dienone is 1. The summed E-state index contributed by atoms with van der Waals surface area (Å²) < 4.78 is 11.1. The van der Waals surface area contributed by atoms with Gasteiger partial charge in [0.15, 0.2) is 23.2 Å². The summed E-state index contributed by atoms with van der Waals surface area (Å²) in [5.41, 5.74) is 3.40. The van der Waals surface area contributed by atoms with Gasteiger partial charge >= 0.3 is 0 Å².